The first kappa shape index (κ1) is 18.6. The van der Waals surface area contributed by atoms with Gasteiger partial charge in [-0.25, -0.2) is 9.18 Å². The van der Waals surface area contributed by atoms with E-state index in [1.807, 2.05) is 32.0 Å². The standard InChI is InChI=1S/C22H20FNO3/c1-13-9-14(2)11-17(10-13)24-15(3)20(22(26)27-4)18(21(24)25)12-16-7-5-6-8-19(16)23/h5-12H,1-4H3/b18-12-. The van der Waals surface area contributed by atoms with Gasteiger partial charge in [0.25, 0.3) is 5.91 Å². The predicted molar refractivity (Wildman–Crippen MR) is 102 cm³/mol. The van der Waals surface area contributed by atoms with Crippen molar-refractivity contribution in [2.75, 3.05) is 12.0 Å². The number of hydrogen-bond acceptors (Lipinski definition) is 3. The first-order valence-corrected chi connectivity index (χ1v) is 8.52. The summed E-state index contributed by atoms with van der Waals surface area (Å²) in [4.78, 5) is 27.0. The van der Waals surface area contributed by atoms with Crippen molar-refractivity contribution in [2.24, 2.45) is 0 Å². The molecule has 4 nitrogen and oxygen atoms in total. The average molecular weight is 365 g/mol. The van der Waals surface area contributed by atoms with Crippen LogP contribution in [0.3, 0.4) is 0 Å². The number of carbonyl (C=O) groups excluding carboxylic acids is 2. The van der Waals surface area contributed by atoms with E-state index in [1.54, 1.807) is 25.1 Å². The molecule has 0 unspecified atom stereocenters. The highest BCUT2D eigenvalue weighted by Crippen LogP contribution is 2.36. The first-order valence-electron chi connectivity index (χ1n) is 8.52. The number of benzene rings is 2. The Hall–Kier alpha value is -3.21. The van der Waals surface area contributed by atoms with Gasteiger partial charge in [0.2, 0.25) is 0 Å². The molecule has 0 spiro atoms. The molecule has 1 aliphatic heterocycles. The Labute approximate surface area is 157 Å². The first-order chi connectivity index (χ1) is 12.8. The van der Waals surface area contributed by atoms with E-state index < -0.39 is 11.8 Å². The molecule has 0 aliphatic carbocycles. The van der Waals surface area contributed by atoms with Crippen LogP contribution >= 0.6 is 0 Å². The van der Waals surface area contributed by atoms with Crippen molar-refractivity contribution in [3.05, 3.63) is 81.8 Å². The quantitative estimate of drug-likeness (QED) is 0.601. The van der Waals surface area contributed by atoms with Crippen molar-refractivity contribution in [3.8, 4) is 0 Å². The number of methoxy groups -OCH3 is 1. The van der Waals surface area contributed by atoms with Gasteiger partial charge in [0.1, 0.15) is 5.82 Å². The van der Waals surface area contributed by atoms with Crippen molar-refractivity contribution < 1.29 is 18.7 Å². The minimum Gasteiger partial charge on any atom is -0.465 e. The number of halogens is 1. The number of aryl methyl sites for hydroxylation is 2. The van der Waals surface area contributed by atoms with Gasteiger partial charge in [0.15, 0.2) is 0 Å². The molecule has 0 atom stereocenters. The Morgan fingerprint density at radius 1 is 1.07 bits per heavy atom. The van der Waals surface area contributed by atoms with Gasteiger partial charge in [-0.3, -0.25) is 9.69 Å². The molecule has 2 aromatic rings. The minimum atomic E-state index is -0.629. The molecular formula is C22H20FNO3. The summed E-state index contributed by atoms with van der Waals surface area (Å²) >= 11 is 0. The molecule has 1 amide bonds. The summed E-state index contributed by atoms with van der Waals surface area (Å²) in [5.41, 5.74) is 3.60. The molecule has 2 aromatic carbocycles. The van der Waals surface area contributed by atoms with Crippen molar-refractivity contribution in [2.45, 2.75) is 20.8 Å². The molecule has 1 aliphatic rings. The summed E-state index contributed by atoms with van der Waals surface area (Å²) in [5.74, 6) is -1.49. The maximum Gasteiger partial charge on any atom is 0.340 e. The predicted octanol–water partition coefficient (Wildman–Crippen LogP) is 4.32. The molecule has 0 radical (unpaired) electrons. The van der Waals surface area contributed by atoms with Gasteiger partial charge >= 0.3 is 5.97 Å². The maximum absolute atomic E-state index is 14.1. The second-order valence-electron chi connectivity index (χ2n) is 6.52. The highest BCUT2D eigenvalue weighted by molar-refractivity contribution is 6.23. The van der Waals surface area contributed by atoms with Gasteiger partial charge in [-0.15, -0.1) is 0 Å². The SMILES string of the molecule is COC(=O)C1=C(C)N(c2cc(C)cc(C)c2)C(=O)/C1=C\c1ccccc1F. The van der Waals surface area contributed by atoms with Gasteiger partial charge in [0.05, 0.1) is 18.3 Å². The molecule has 0 N–H and O–H groups in total. The second-order valence-corrected chi connectivity index (χ2v) is 6.52. The number of carbonyl (C=O) groups is 2. The Kier molecular flexibility index (Phi) is 4.95. The van der Waals surface area contributed by atoms with Crippen LogP contribution in [-0.2, 0) is 14.3 Å². The second kappa shape index (κ2) is 7.19. The van der Waals surface area contributed by atoms with Crippen molar-refractivity contribution >= 4 is 23.6 Å². The number of rotatable bonds is 3. The smallest absolute Gasteiger partial charge is 0.340 e. The zero-order valence-corrected chi connectivity index (χ0v) is 15.7. The minimum absolute atomic E-state index is 0.114. The number of allylic oxidation sites excluding steroid dienone is 1. The molecule has 3 rings (SSSR count). The van der Waals surface area contributed by atoms with E-state index >= 15 is 0 Å². The maximum atomic E-state index is 14.1. The number of anilines is 1. The van der Waals surface area contributed by atoms with Gasteiger partial charge < -0.3 is 4.74 Å². The Morgan fingerprint density at radius 3 is 2.30 bits per heavy atom. The molecule has 0 fully saturated rings. The number of esters is 1. The normalized spacial score (nSPS) is 15.7. The van der Waals surface area contributed by atoms with Crippen LogP contribution < -0.4 is 4.90 Å². The molecule has 0 aromatic heterocycles. The Morgan fingerprint density at radius 2 is 1.70 bits per heavy atom. The molecule has 1 heterocycles. The van der Waals surface area contributed by atoms with Crippen LogP contribution in [0.25, 0.3) is 6.08 Å². The Bertz CT molecular complexity index is 984. The highest BCUT2D eigenvalue weighted by atomic mass is 19.1. The fourth-order valence-electron chi connectivity index (χ4n) is 3.32. The van der Waals surface area contributed by atoms with Crippen LogP contribution in [0, 0.1) is 19.7 Å². The summed E-state index contributed by atoms with van der Waals surface area (Å²) in [6, 6.07) is 11.8. The highest BCUT2D eigenvalue weighted by Gasteiger charge is 2.38. The van der Waals surface area contributed by atoms with Crippen molar-refractivity contribution in [3.63, 3.8) is 0 Å². The van der Waals surface area contributed by atoms with E-state index in [1.165, 1.54) is 24.2 Å². The van der Waals surface area contributed by atoms with Crippen molar-refractivity contribution in [1.82, 2.24) is 0 Å². The topological polar surface area (TPSA) is 46.6 Å². The average Bonchev–Trinajstić information content (AvgIpc) is 2.85. The molecule has 27 heavy (non-hydrogen) atoms. The lowest BCUT2D eigenvalue weighted by atomic mass is 10.0. The molecule has 0 bridgehead atoms. The summed E-state index contributed by atoms with van der Waals surface area (Å²) in [5, 5.41) is 0. The summed E-state index contributed by atoms with van der Waals surface area (Å²) in [6.07, 6.45) is 1.40. The monoisotopic (exact) mass is 365 g/mol. The number of nitrogens with zero attached hydrogens (tertiary/aromatic N) is 1. The Balaban J connectivity index is 2.19. The largest absolute Gasteiger partial charge is 0.465 e. The lowest BCUT2D eigenvalue weighted by Crippen LogP contribution is -2.24. The number of ether oxygens (including phenoxy) is 1. The molecule has 5 heteroatoms. The fourth-order valence-corrected chi connectivity index (χ4v) is 3.32. The third-order valence-electron chi connectivity index (χ3n) is 4.46. The van der Waals surface area contributed by atoms with E-state index in [4.69, 9.17) is 4.74 Å². The third-order valence-corrected chi connectivity index (χ3v) is 4.46. The van der Waals surface area contributed by atoms with Crippen molar-refractivity contribution in [1.29, 1.82) is 0 Å². The van der Waals surface area contributed by atoms with Crippen LogP contribution in [0.1, 0.15) is 23.6 Å². The van der Waals surface area contributed by atoms with Gasteiger partial charge in [0, 0.05) is 16.9 Å². The summed E-state index contributed by atoms with van der Waals surface area (Å²) < 4.78 is 19.0. The van der Waals surface area contributed by atoms with Crippen LogP contribution in [0.2, 0.25) is 0 Å². The zero-order valence-electron chi connectivity index (χ0n) is 15.7. The lowest BCUT2D eigenvalue weighted by molar-refractivity contribution is -0.136. The lowest BCUT2D eigenvalue weighted by Gasteiger charge is -2.19. The van der Waals surface area contributed by atoms with E-state index in [-0.39, 0.29) is 22.6 Å². The van der Waals surface area contributed by atoms with Crippen LogP contribution in [-0.4, -0.2) is 19.0 Å². The molecule has 138 valence electrons. The third kappa shape index (κ3) is 3.40. The fraction of sp³-hybridized carbons (Fsp3) is 0.182. The number of hydrogen-bond donors (Lipinski definition) is 0. The number of amides is 1. The molecular weight excluding hydrogens is 345 g/mol. The van der Waals surface area contributed by atoms with Gasteiger partial charge in [-0.2, -0.15) is 0 Å². The molecule has 0 saturated heterocycles. The van der Waals surface area contributed by atoms with Crippen LogP contribution in [0.4, 0.5) is 10.1 Å². The summed E-state index contributed by atoms with van der Waals surface area (Å²) in [7, 11) is 1.26. The van der Waals surface area contributed by atoms with E-state index in [0.717, 1.165) is 11.1 Å². The van der Waals surface area contributed by atoms with Gasteiger partial charge in [-0.1, -0.05) is 24.3 Å². The molecule has 0 saturated carbocycles. The van der Waals surface area contributed by atoms with Crippen LogP contribution in [0.5, 0.6) is 0 Å². The van der Waals surface area contributed by atoms with Gasteiger partial charge in [-0.05, 0) is 56.2 Å². The van der Waals surface area contributed by atoms with E-state index in [0.29, 0.717) is 11.4 Å². The zero-order chi connectivity index (χ0) is 19.7. The van der Waals surface area contributed by atoms with E-state index in [2.05, 4.69) is 0 Å². The van der Waals surface area contributed by atoms with Crippen LogP contribution in [0.15, 0.2) is 59.3 Å². The van der Waals surface area contributed by atoms with E-state index in [9.17, 15) is 14.0 Å². The summed E-state index contributed by atoms with van der Waals surface area (Å²) in [6.45, 7) is 5.56.